The molecule has 4 rings (SSSR count). The highest BCUT2D eigenvalue weighted by Crippen LogP contribution is 2.28. The summed E-state index contributed by atoms with van der Waals surface area (Å²) >= 11 is 0. The van der Waals surface area contributed by atoms with Crippen LogP contribution in [0.15, 0.2) is 27.6 Å². The van der Waals surface area contributed by atoms with Crippen LogP contribution in [-0.2, 0) is 0 Å². The normalized spacial score (nSPS) is 17.6. The lowest BCUT2D eigenvalue weighted by atomic mass is 9.94. The largest absolute Gasteiger partial charge is 0.345 e. The van der Waals surface area contributed by atoms with Crippen molar-refractivity contribution in [2.24, 2.45) is 0 Å². The van der Waals surface area contributed by atoms with Crippen molar-refractivity contribution in [1.82, 2.24) is 25.0 Å². The second kappa shape index (κ2) is 6.36. The molecule has 0 spiro atoms. The summed E-state index contributed by atoms with van der Waals surface area (Å²) in [6.45, 7) is 4.86. The molecular weight excluding hydrogens is 334 g/mol. The number of carbonyl (C=O) groups excluding carboxylic acids is 1. The highest BCUT2D eigenvalue weighted by atomic mass is 16.5. The first-order valence-electron chi connectivity index (χ1n) is 8.61. The Hall–Kier alpha value is -3.03. The molecule has 0 saturated carbocycles. The van der Waals surface area contributed by atoms with E-state index in [4.69, 9.17) is 4.52 Å². The molecule has 3 aromatic rings. The van der Waals surface area contributed by atoms with E-state index in [1.807, 2.05) is 11.8 Å². The number of aromatic amines is 1. The molecule has 8 heteroatoms. The Kier molecular flexibility index (Phi) is 4.02. The second-order valence-electron chi connectivity index (χ2n) is 6.68. The standard InChI is InChI=1S/C18H19N5O3/c1-10-8-13(15-11(2)22-26-16(15)20-10)17(24)23-7-3-4-12(9-23)14-5-6-19-18(25)21-14/h5-6,8,12H,3-4,7,9H2,1-2H3,(H,19,21,25)/t12-/m1/s1. The van der Waals surface area contributed by atoms with Crippen LogP contribution in [0.1, 0.15) is 46.2 Å². The maximum atomic E-state index is 13.2. The average molecular weight is 353 g/mol. The van der Waals surface area contributed by atoms with E-state index < -0.39 is 0 Å². The minimum atomic E-state index is -0.363. The van der Waals surface area contributed by atoms with Gasteiger partial charge in [-0.2, -0.15) is 0 Å². The predicted octanol–water partition coefficient (Wildman–Crippen LogP) is 1.94. The third-order valence-corrected chi connectivity index (χ3v) is 4.82. The van der Waals surface area contributed by atoms with Gasteiger partial charge >= 0.3 is 5.69 Å². The maximum absolute atomic E-state index is 13.2. The number of fused-ring (bicyclic) bond motifs is 1. The second-order valence-corrected chi connectivity index (χ2v) is 6.68. The first kappa shape index (κ1) is 16.4. The van der Waals surface area contributed by atoms with Crippen LogP contribution in [0.25, 0.3) is 11.1 Å². The van der Waals surface area contributed by atoms with Crippen molar-refractivity contribution < 1.29 is 9.32 Å². The Labute approximate surface area is 149 Å². The van der Waals surface area contributed by atoms with Crippen LogP contribution in [0.3, 0.4) is 0 Å². The van der Waals surface area contributed by atoms with Gasteiger partial charge in [-0.3, -0.25) is 4.79 Å². The van der Waals surface area contributed by atoms with E-state index in [1.54, 1.807) is 19.1 Å². The minimum Gasteiger partial charge on any atom is -0.338 e. The molecule has 0 bridgehead atoms. The fourth-order valence-electron chi connectivity index (χ4n) is 3.59. The molecule has 8 nitrogen and oxygen atoms in total. The zero-order valence-electron chi connectivity index (χ0n) is 14.7. The van der Waals surface area contributed by atoms with Gasteiger partial charge in [-0.05, 0) is 38.8 Å². The number of likely N-dealkylation sites (tertiary alicyclic amines) is 1. The van der Waals surface area contributed by atoms with Gasteiger partial charge in [-0.25, -0.2) is 14.8 Å². The molecule has 1 N–H and O–H groups in total. The van der Waals surface area contributed by atoms with E-state index in [0.29, 0.717) is 41.1 Å². The lowest BCUT2D eigenvalue weighted by molar-refractivity contribution is 0.0707. The number of aromatic nitrogens is 4. The van der Waals surface area contributed by atoms with E-state index in [1.165, 1.54) is 6.20 Å². The van der Waals surface area contributed by atoms with Gasteiger partial charge in [0.15, 0.2) is 0 Å². The van der Waals surface area contributed by atoms with Crippen LogP contribution >= 0.6 is 0 Å². The number of carbonyl (C=O) groups is 1. The van der Waals surface area contributed by atoms with Crippen molar-refractivity contribution in [3.8, 4) is 0 Å². The van der Waals surface area contributed by atoms with Crippen LogP contribution < -0.4 is 5.69 Å². The number of nitrogens with one attached hydrogen (secondary N) is 1. The number of aryl methyl sites for hydroxylation is 2. The zero-order valence-corrected chi connectivity index (χ0v) is 14.7. The summed E-state index contributed by atoms with van der Waals surface area (Å²) in [5.74, 6) is 0.0262. The number of pyridine rings is 1. The number of rotatable bonds is 2. The molecule has 1 aliphatic rings. The van der Waals surface area contributed by atoms with Gasteiger partial charge in [0.05, 0.1) is 16.6 Å². The van der Waals surface area contributed by atoms with Gasteiger partial charge in [0.1, 0.15) is 0 Å². The summed E-state index contributed by atoms with van der Waals surface area (Å²) in [6.07, 6.45) is 3.29. The lowest BCUT2D eigenvalue weighted by Gasteiger charge is -2.32. The van der Waals surface area contributed by atoms with E-state index in [2.05, 4.69) is 20.1 Å². The van der Waals surface area contributed by atoms with Crippen molar-refractivity contribution in [2.75, 3.05) is 13.1 Å². The van der Waals surface area contributed by atoms with Gasteiger partial charge in [-0.1, -0.05) is 5.16 Å². The molecule has 3 aromatic heterocycles. The summed E-state index contributed by atoms with van der Waals surface area (Å²) < 4.78 is 5.23. The molecule has 0 unspecified atom stereocenters. The van der Waals surface area contributed by atoms with Gasteiger partial charge in [0.25, 0.3) is 11.6 Å². The molecule has 0 aliphatic carbocycles. The maximum Gasteiger partial charge on any atom is 0.345 e. The van der Waals surface area contributed by atoms with Crippen molar-refractivity contribution in [3.05, 3.63) is 51.5 Å². The molecule has 1 fully saturated rings. The van der Waals surface area contributed by atoms with Gasteiger partial charge < -0.3 is 14.4 Å². The van der Waals surface area contributed by atoms with Crippen LogP contribution in [0.2, 0.25) is 0 Å². The van der Waals surface area contributed by atoms with E-state index >= 15 is 0 Å². The third-order valence-electron chi connectivity index (χ3n) is 4.82. The lowest BCUT2D eigenvalue weighted by Crippen LogP contribution is -2.39. The van der Waals surface area contributed by atoms with Gasteiger partial charge in [0, 0.05) is 36.6 Å². The molecule has 1 atom stereocenters. The Balaban J connectivity index is 1.66. The molecule has 1 amide bonds. The molecule has 4 heterocycles. The van der Waals surface area contributed by atoms with Crippen molar-refractivity contribution in [3.63, 3.8) is 0 Å². The quantitative estimate of drug-likeness (QED) is 0.755. The van der Waals surface area contributed by atoms with E-state index in [-0.39, 0.29) is 17.5 Å². The zero-order chi connectivity index (χ0) is 18.3. The predicted molar refractivity (Wildman–Crippen MR) is 94.0 cm³/mol. The summed E-state index contributed by atoms with van der Waals surface area (Å²) in [4.78, 5) is 37.3. The fraction of sp³-hybridized carbons (Fsp3) is 0.389. The molecule has 0 aromatic carbocycles. The van der Waals surface area contributed by atoms with Gasteiger partial charge in [-0.15, -0.1) is 0 Å². The molecular formula is C18H19N5O3. The number of H-pyrrole nitrogens is 1. The van der Waals surface area contributed by atoms with Crippen molar-refractivity contribution in [1.29, 1.82) is 0 Å². The topological polar surface area (TPSA) is 105 Å². The monoisotopic (exact) mass is 353 g/mol. The highest BCUT2D eigenvalue weighted by Gasteiger charge is 2.28. The van der Waals surface area contributed by atoms with Crippen molar-refractivity contribution >= 4 is 17.0 Å². The Bertz CT molecular complexity index is 1040. The summed E-state index contributed by atoms with van der Waals surface area (Å²) in [6, 6.07) is 3.59. The van der Waals surface area contributed by atoms with Crippen LogP contribution in [0.5, 0.6) is 0 Å². The SMILES string of the molecule is Cc1cc(C(=O)N2CCC[C@@H](c3ccnc(=O)[nH]3)C2)c2c(C)noc2n1. The van der Waals surface area contributed by atoms with Gasteiger partial charge in [0.2, 0.25) is 0 Å². The van der Waals surface area contributed by atoms with Crippen LogP contribution in [-0.4, -0.2) is 44.0 Å². The summed E-state index contributed by atoms with van der Waals surface area (Å²) in [7, 11) is 0. The highest BCUT2D eigenvalue weighted by molar-refractivity contribution is 6.06. The Morgan fingerprint density at radius 3 is 3.04 bits per heavy atom. The average Bonchev–Trinajstić information content (AvgIpc) is 3.01. The fourth-order valence-corrected chi connectivity index (χ4v) is 3.59. The molecule has 134 valence electrons. The first-order valence-corrected chi connectivity index (χ1v) is 8.61. The molecule has 26 heavy (non-hydrogen) atoms. The Morgan fingerprint density at radius 2 is 2.23 bits per heavy atom. The minimum absolute atomic E-state index is 0.0621. The molecule has 1 saturated heterocycles. The number of amides is 1. The first-order chi connectivity index (χ1) is 12.5. The number of nitrogens with zero attached hydrogens (tertiary/aromatic N) is 4. The number of hydrogen-bond donors (Lipinski definition) is 1. The smallest absolute Gasteiger partial charge is 0.338 e. The number of piperidine rings is 1. The van der Waals surface area contributed by atoms with E-state index in [9.17, 15) is 9.59 Å². The van der Waals surface area contributed by atoms with Crippen LogP contribution in [0, 0.1) is 13.8 Å². The van der Waals surface area contributed by atoms with Crippen LogP contribution in [0.4, 0.5) is 0 Å². The third kappa shape index (κ3) is 2.87. The number of hydrogen-bond acceptors (Lipinski definition) is 6. The molecule has 1 aliphatic heterocycles. The molecule has 0 radical (unpaired) electrons. The summed E-state index contributed by atoms with van der Waals surface area (Å²) in [5.41, 5.74) is 2.78. The Morgan fingerprint density at radius 1 is 1.38 bits per heavy atom. The van der Waals surface area contributed by atoms with Crippen molar-refractivity contribution in [2.45, 2.75) is 32.6 Å². The van der Waals surface area contributed by atoms with E-state index in [0.717, 1.165) is 18.5 Å². The summed E-state index contributed by atoms with van der Waals surface area (Å²) in [5, 5.41) is 4.61.